The van der Waals surface area contributed by atoms with Crippen molar-refractivity contribution in [2.75, 3.05) is 11.5 Å². The van der Waals surface area contributed by atoms with E-state index in [2.05, 4.69) is 6.07 Å². The van der Waals surface area contributed by atoms with Crippen LogP contribution < -0.4 is 4.74 Å². The predicted molar refractivity (Wildman–Crippen MR) is 68.7 cm³/mol. The van der Waals surface area contributed by atoms with Crippen LogP contribution in [0.3, 0.4) is 0 Å². The number of hydrogen-bond acceptors (Lipinski definition) is 3. The topological polar surface area (TPSA) is 46.5 Å². The molecule has 2 unspecified atom stereocenters. The second-order valence-corrected chi connectivity index (χ2v) is 5.40. The summed E-state index contributed by atoms with van der Waals surface area (Å²) in [5, 5.41) is 8.77. The summed E-state index contributed by atoms with van der Waals surface area (Å²) in [6, 6.07) is 8.06. The van der Waals surface area contributed by atoms with Gasteiger partial charge in [-0.25, -0.2) is 0 Å². The summed E-state index contributed by atoms with van der Waals surface area (Å²) in [4.78, 5) is 10.7. The lowest BCUT2D eigenvalue weighted by Crippen LogP contribution is -2.18. The summed E-state index contributed by atoms with van der Waals surface area (Å²) in [5.41, 5.74) is 1.25. The van der Waals surface area contributed by atoms with Gasteiger partial charge in [-0.05, 0) is 11.6 Å². The van der Waals surface area contributed by atoms with E-state index in [-0.39, 0.29) is 12.0 Å². The number of para-hydroxylation sites is 1. The molecule has 4 heteroatoms. The molecule has 0 spiro atoms. The highest BCUT2D eigenvalue weighted by molar-refractivity contribution is 7.99. The molecule has 0 fully saturated rings. The summed E-state index contributed by atoms with van der Waals surface area (Å²) in [7, 11) is 0. The van der Waals surface area contributed by atoms with Gasteiger partial charge in [0.1, 0.15) is 11.9 Å². The Bertz CT molecular complexity index is 380. The largest absolute Gasteiger partial charge is 0.489 e. The zero-order valence-electron chi connectivity index (χ0n) is 9.76. The van der Waals surface area contributed by atoms with Crippen molar-refractivity contribution in [3.63, 3.8) is 0 Å². The third-order valence-corrected chi connectivity index (χ3v) is 4.15. The van der Waals surface area contributed by atoms with Gasteiger partial charge < -0.3 is 9.84 Å². The SMILES string of the molecule is CC(CSCC1Cc2ccccc2O1)C(=O)O. The van der Waals surface area contributed by atoms with Gasteiger partial charge in [-0.15, -0.1) is 0 Å². The molecular weight excluding hydrogens is 236 g/mol. The molecule has 0 amide bonds. The average molecular weight is 252 g/mol. The van der Waals surface area contributed by atoms with Crippen molar-refractivity contribution in [1.82, 2.24) is 0 Å². The first-order valence-corrected chi connectivity index (χ1v) is 6.87. The van der Waals surface area contributed by atoms with E-state index in [1.54, 1.807) is 18.7 Å². The number of carboxylic acids is 1. The minimum absolute atomic E-state index is 0.193. The molecule has 1 N–H and O–H groups in total. The Labute approximate surface area is 105 Å². The number of carbonyl (C=O) groups is 1. The summed E-state index contributed by atoms with van der Waals surface area (Å²) in [6.07, 6.45) is 1.13. The second-order valence-electron chi connectivity index (χ2n) is 4.33. The molecule has 17 heavy (non-hydrogen) atoms. The summed E-state index contributed by atoms with van der Waals surface area (Å²) in [5.74, 6) is 1.46. The summed E-state index contributed by atoms with van der Waals surface area (Å²) >= 11 is 1.65. The van der Waals surface area contributed by atoms with Crippen LogP contribution in [0.5, 0.6) is 5.75 Å². The Morgan fingerprint density at radius 1 is 1.59 bits per heavy atom. The molecule has 1 aromatic rings. The molecular formula is C13H16O3S. The Kier molecular flexibility index (Phi) is 3.94. The molecule has 1 aliphatic heterocycles. The first-order chi connectivity index (χ1) is 8.16. The quantitative estimate of drug-likeness (QED) is 0.874. The number of ether oxygens (including phenoxy) is 1. The maximum absolute atomic E-state index is 10.7. The van der Waals surface area contributed by atoms with Crippen LogP contribution in [-0.2, 0) is 11.2 Å². The standard InChI is InChI=1S/C13H16O3S/c1-9(13(14)15)7-17-8-11-6-10-4-2-3-5-12(10)16-11/h2-5,9,11H,6-8H2,1H3,(H,14,15). The van der Waals surface area contributed by atoms with Gasteiger partial charge in [0, 0.05) is 17.9 Å². The first kappa shape index (κ1) is 12.3. The van der Waals surface area contributed by atoms with Gasteiger partial charge in [0.05, 0.1) is 5.92 Å². The van der Waals surface area contributed by atoms with Gasteiger partial charge in [-0.3, -0.25) is 4.79 Å². The van der Waals surface area contributed by atoms with Gasteiger partial charge in [0.15, 0.2) is 0 Å². The van der Waals surface area contributed by atoms with Crippen molar-refractivity contribution < 1.29 is 14.6 Å². The van der Waals surface area contributed by atoms with E-state index in [0.29, 0.717) is 5.75 Å². The monoisotopic (exact) mass is 252 g/mol. The zero-order valence-corrected chi connectivity index (χ0v) is 10.6. The predicted octanol–water partition coefficient (Wildman–Crippen LogP) is 2.44. The number of benzene rings is 1. The maximum atomic E-state index is 10.7. The minimum atomic E-state index is -0.729. The van der Waals surface area contributed by atoms with Gasteiger partial charge in [0.2, 0.25) is 0 Å². The Morgan fingerprint density at radius 2 is 2.35 bits per heavy atom. The van der Waals surface area contributed by atoms with Crippen molar-refractivity contribution in [3.8, 4) is 5.75 Å². The van der Waals surface area contributed by atoms with Crippen molar-refractivity contribution in [1.29, 1.82) is 0 Å². The van der Waals surface area contributed by atoms with E-state index >= 15 is 0 Å². The first-order valence-electron chi connectivity index (χ1n) is 5.72. The normalized spacial score (nSPS) is 19.5. The van der Waals surface area contributed by atoms with Gasteiger partial charge in [0.25, 0.3) is 0 Å². The van der Waals surface area contributed by atoms with E-state index in [0.717, 1.165) is 17.9 Å². The molecule has 92 valence electrons. The fourth-order valence-corrected chi connectivity index (χ4v) is 2.88. The number of aliphatic carboxylic acids is 1. The number of rotatable bonds is 5. The smallest absolute Gasteiger partial charge is 0.307 e. The molecule has 1 aromatic carbocycles. The summed E-state index contributed by atoms with van der Waals surface area (Å²) in [6.45, 7) is 1.74. The van der Waals surface area contributed by atoms with Crippen LogP contribution in [-0.4, -0.2) is 28.7 Å². The van der Waals surface area contributed by atoms with Crippen LogP contribution in [0.25, 0.3) is 0 Å². The molecule has 2 atom stereocenters. The summed E-state index contributed by atoms with van der Waals surface area (Å²) < 4.78 is 5.78. The van der Waals surface area contributed by atoms with Crippen LogP contribution in [0.1, 0.15) is 12.5 Å². The minimum Gasteiger partial charge on any atom is -0.489 e. The Hall–Kier alpha value is -1.16. The fourth-order valence-electron chi connectivity index (χ4n) is 1.79. The fraction of sp³-hybridized carbons (Fsp3) is 0.462. The molecule has 0 bridgehead atoms. The van der Waals surface area contributed by atoms with Gasteiger partial charge in [-0.1, -0.05) is 25.1 Å². The molecule has 0 aromatic heterocycles. The zero-order chi connectivity index (χ0) is 12.3. The second kappa shape index (κ2) is 5.45. The lowest BCUT2D eigenvalue weighted by atomic mass is 10.1. The third kappa shape index (κ3) is 3.16. The van der Waals surface area contributed by atoms with E-state index in [1.165, 1.54) is 5.56 Å². The molecule has 1 aliphatic rings. The van der Waals surface area contributed by atoms with Crippen molar-refractivity contribution in [2.24, 2.45) is 5.92 Å². The molecule has 3 nitrogen and oxygen atoms in total. The number of hydrogen-bond donors (Lipinski definition) is 1. The van der Waals surface area contributed by atoms with Crippen molar-refractivity contribution in [2.45, 2.75) is 19.4 Å². The van der Waals surface area contributed by atoms with Crippen LogP contribution in [0, 0.1) is 5.92 Å². The van der Waals surface area contributed by atoms with Crippen LogP contribution in [0.15, 0.2) is 24.3 Å². The van der Waals surface area contributed by atoms with Crippen LogP contribution in [0.4, 0.5) is 0 Å². The van der Waals surface area contributed by atoms with E-state index in [1.807, 2.05) is 18.2 Å². The van der Waals surface area contributed by atoms with Crippen molar-refractivity contribution >= 4 is 17.7 Å². The van der Waals surface area contributed by atoms with Crippen LogP contribution >= 0.6 is 11.8 Å². The maximum Gasteiger partial charge on any atom is 0.307 e. The van der Waals surface area contributed by atoms with E-state index in [9.17, 15) is 4.79 Å². The average Bonchev–Trinajstić information content (AvgIpc) is 2.71. The van der Waals surface area contributed by atoms with Gasteiger partial charge in [-0.2, -0.15) is 11.8 Å². The highest BCUT2D eigenvalue weighted by Crippen LogP contribution is 2.29. The van der Waals surface area contributed by atoms with Gasteiger partial charge >= 0.3 is 5.97 Å². The number of fused-ring (bicyclic) bond motifs is 1. The number of thioether (sulfide) groups is 1. The number of carboxylic acid groups (broad SMARTS) is 1. The lowest BCUT2D eigenvalue weighted by Gasteiger charge is -2.11. The molecule has 0 aliphatic carbocycles. The van der Waals surface area contributed by atoms with Crippen molar-refractivity contribution in [3.05, 3.63) is 29.8 Å². The highest BCUT2D eigenvalue weighted by Gasteiger charge is 2.22. The Balaban J connectivity index is 1.75. The van der Waals surface area contributed by atoms with E-state index in [4.69, 9.17) is 9.84 Å². The van der Waals surface area contributed by atoms with Crippen LogP contribution in [0.2, 0.25) is 0 Å². The third-order valence-electron chi connectivity index (χ3n) is 2.81. The molecule has 2 rings (SSSR count). The highest BCUT2D eigenvalue weighted by atomic mass is 32.2. The lowest BCUT2D eigenvalue weighted by molar-refractivity contribution is -0.140. The molecule has 0 saturated carbocycles. The Morgan fingerprint density at radius 3 is 3.06 bits per heavy atom. The molecule has 0 radical (unpaired) electrons. The molecule has 1 heterocycles. The van der Waals surface area contributed by atoms with E-state index < -0.39 is 5.97 Å². The molecule has 0 saturated heterocycles.